The number of aromatic nitrogens is 3. The highest BCUT2D eigenvalue weighted by molar-refractivity contribution is 7.99. The highest BCUT2D eigenvalue weighted by Crippen LogP contribution is 2.48. The lowest BCUT2D eigenvalue weighted by molar-refractivity contribution is 0.455. The van der Waals surface area contributed by atoms with Crippen molar-refractivity contribution in [1.29, 1.82) is 0 Å². The molecule has 0 fully saturated rings. The number of nitrogens with zero attached hydrogens (tertiary/aromatic N) is 3. The number of rotatable bonds is 4. The van der Waals surface area contributed by atoms with Crippen LogP contribution >= 0.6 is 11.8 Å². The Bertz CT molecular complexity index is 2330. The second-order valence-electron chi connectivity index (χ2n) is 10.9. The van der Waals surface area contributed by atoms with Gasteiger partial charge < -0.3 is 9.15 Å². The fraction of sp³-hybridized carbons (Fsp3) is 0. The summed E-state index contributed by atoms with van der Waals surface area (Å²) in [7, 11) is 0. The Labute approximate surface area is 263 Å². The van der Waals surface area contributed by atoms with Gasteiger partial charge in [-0.25, -0.2) is 15.0 Å². The van der Waals surface area contributed by atoms with E-state index in [1.165, 1.54) is 0 Å². The van der Waals surface area contributed by atoms with Crippen molar-refractivity contribution < 1.29 is 9.15 Å². The SMILES string of the molecule is c1ccc(-c2nc(-c3ccccc3)nc(-c3ccc4c(c3)oc3cc(-c5ccc6c(c5)Oc5ccccc5S6)ccc34)n2)cc1. The zero-order chi connectivity index (χ0) is 29.7. The molecule has 1 aliphatic rings. The topological polar surface area (TPSA) is 61.0 Å². The van der Waals surface area contributed by atoms with Crippen LogP contribution in [0.4, 0.5) is 0 Å². The van der Waals surface area contributed by atoms with Crippen LogP contribution in [0.2, 0.25) is 0 Å². The predicted molar refractivity (Wildman–Crippen MR) is 179 cm³/mol. The van der Waals surface area contributed by atoms with Gasteiger partial charge in [0.25, 0.3) is 0 Å². The maximum absolute atomic E-state index is 6.46. The lowest BCUT2D eigenvalue weighted by Gasteiger charge is -2.20. The minimum absolute atomic E-state index is 0.597. The normalized spacial score (nSPS) is 12.1. The number of ether oxygens (including phenoxy) is 1. The summed E-state index contributed by atoms with van der Waals surface area (Å²) in [5, 5.41) is 2.10. The van der Waals surface area contributed by atoms with Crippen LogP contribution in [0.3, 0.4) is 0 Å². The molecular formula is C39H23N3O2S. The van der Waals surface area contributed by atoms with Gasteiger partial charge in [0.15, 0.2) is 17.5 Å². The van der Waals surface area contributed by atoms with Crippen molar-refractivity contribution in [2.24, 2.45) is 0 Å². The maximum atomic E-state index is 6.46. The van der Waals surface area contributed by atoms with E-state index in [1.54, 1.807) is 11.8 Å². The zero-order valence-corrected chi connectivity index (χ0v) is 24.7. The zero-order valence-electron chi connectivity index (χ0n) is 23.8. The standard InChI is InChI=1S/C39H23N3O2S/c1-3-9-24(10-4-1)37-40-38(25-11-5-2-6-12-25)42-39(41-37)28-16-19-30-29-18-15-26(21-32(29)44-33(30)23-28)27-17-20-36-34(22-27)43-31-13-7-8-14-35(31)45-36/h1-23H. The van der Waals surface area contributed by atoms with Crippen LogP contribution in [0, 0.1) is 0 Å². The molecule has 1 aliphatic heterocycles. The molecule has 0 saturated carbocycles. The first-order valence-corrected chi connectivity index (χ1v) is 15.5. The van der Waals surface area contributed by atoms with Gasteiger partial charge in [-0.2, -0.15) is 0 Å². The molecule has 2 aromatic heterocycles. The van der Waals surface area contributed by atoms with Crippen molar-refractivity contribution in [1.82, 2.24) is 15.0 Å². The van der Waals surface area contributed by atoms with Crippen molar-refractivity contribution in [3.05, 3.63) is 140 Å². The number of furan rings is 1. The Morgan fingerprint density at radius 3 is 1.60 bits per heavy atom. The smallest absolute Gasteiger partial charge is 0.164 e. The Hall–Kier alpha value is -5.72. The lowest BCUT2D eigenvalue weighted by atomic mass is 10.0. The number of benzene rings is 6. The summed E-state index contributed by atoms with van der Waals surface area (Å²) in [5.41, 5.74) is 6.48. The monoisotopic (exact) mass is 597 g/mol. The Kier molecular flexibility index (Phi) is 5.99. The lowest BCUT2D eigenvalue weighted by Crippen LogP contribution is -2.00. The molecule has 212 valence electrons. The number of hydrogen-bond acceptors (Lipinski definition) is 6. The highest BCUT2D eigenvalue weighted by atomic mass is 32.2. The van der Waals surface area contributed by atoms with Gasteiger partial charge in [0.2, 0.25) is 0 Å². The minimum atomic E-state index is 0.597. The van der Waals surface area contributed by atoms with Gasteiger partial charge in [-0.05, 0) is 59.7 Å². The van der Waals surface area contributed by atoms with Crippen molar-refractivity contribution >= 4 is 33.7 Å². The number of para-hydroxylation sites is 1. The third-order valence-corrected chi connectivity index (χ3v) is 9.11. The fourth-order valence-corrected chi connectivity index (χ4v) is 6.67. The molecule has 0 bridgehead atoms. The summed E-state index contributed by atoms with van der Waals surface area (Å²) in [5.74, 6) is 3.61. The highest BCUT2D eigenvalue weighted by Gasteiger charge is 2.19. The third kappa shape index (κ3) is 4.63. The van der Waals surface area contributed by atoms with E-state index in [4.69, 9.17) is 24.1 Å². The van der Waals surface area contributed by atoms with Crippen molar-refractivity contribution in [3.63, 3.8) is 0 Å². The first-order valence-electron chi connectivity index (χ1n) is 14.7. The summed E-state index contributed by atoms with van der Waals surface area (Å²) in [4.78, 5) is 16.8. The van der Waals surface area contributed by atoms with Crippen LogP contribution < -0.4 is 4.74 Å². The van der Waals surface area contributed by atoms with Gasteiger partial charge in [0, 0.05) is 27.5 Å². The van der Waals surface area contributed by atoms with E-state index >= 15 is 0 Å². The van der Waals surface area contributed by atoms with Gasteiger partial charge in [-0.1, -0.05) is 103 Å². The van der Waals surface area contributed by atoms with Crippen LogP contribution in [0.25, 0.3) is 67.2 Å². The molecule has 6 aromatic carbocycles. The van der Waals surface area contributed by atoms with E-state index in [2.05, 4.69) is 54.6 Å². The average molecular weight is 598 g/mol. The van der Waals surface area contributed by atoms with Gasteiger partial charge in [0.05, 0.1) is 9.79 Å². The molecule has 6 heteroatoms. The van der Waals surface area contributed by atoms with E-state index in [-0.39, 0.29) is 0 Å². The van der Waals surface area contributed by atoms with Crippen molar-refractivity contribution in [3.8, 4) is 56.8 Å². The molecule has 0 atom stereocenters. The van der Waals surface area contributed by atoms with E-state index in [0.29, 0.717) is 17.5 Å². The van der Waals surface area contributed by atoms with Crippen LogP contribution in [0.1, 0.15) is 0 Å². The maximum Gasteiger partial charge on any atom is 0.164 e. The van der Waals surface area contributed by atoms with Gasteiger partial charge in [-0.15, -0.1) is 0 Å². The van der Waals surface area contributed by atoms with Gasteiger partial charge >= 0.3 is 0 Å². The molecule has 0 amide bonds. The number of fused-ring (bicyclic) bond motifs is 5. The third-order valence-electron chi connectivity index (χ3n) is 8.00. The van der Waals surface area contributed by atoms with Crippen molar-refractivity contribution in [2.45, 2.75) is 9.79 Å². The number of hydrogen-bond donors (Lipinski definition) is 0. The van der Waals surface area contributed by atoms with Crippen LogP contribution in [0.5, 0.6) is 11.5 Å². The predicted octanol–water partition coefficient (Wildman–Crippen LogP) is 10.7. The molecule has 0 spiro atoms. The Morgan fingerprint density at radius 2 is 0.911 bits per heavy atom. The van der Waals surface area contributed by atoms with Gasteiger partial charge in [-0.3, -0.25) is 0 Å². The molecule has 0 unspecified atom stereocenters. The van der Waals surface area contributed by atoms with E-state index in [1.807, 2.05) is 84.9 Å². The molecular weight excluding hydrogens is 575 g/mol. The second-order valence-corrected chi connectivity index (χ2v) is 12.0. The summed E-state index contributed by atoms with van der Waals surface area (Å²) >= 11 is 1.73. The fourth-order valence-electron chi connectivity index (χ4n) is 5.74. The summed E-state index contributed by atoms with van der Waals surface area (Å²) in [6, 6.07) is 47.0. The second kappa shape index (κ2) is 10.5. The quantitative estimate of drug-likeness (QED) is 0.201. The van der Waals surface area contributed by atoms with E-state index < -0.39 is 0 Å². The first kappa shape index (κ1) is 25.7. The molecule has 0 N–H and O–H groups in total. The average Bonchev–Trinajstić information content (AvgIpc) is 3.48. The van der Waals surface area contributed by atoms with Crippen LogP contribution in [0.15, 0.2) is 154 Å². The molecule has 0 aliphatic carbocycles. The summed E-state index contributed by atoms with van der Waals surface area (Å²) in [6.07, 6.45) is 0. The molecule has 0 radical (unpaired) electrons. The molecule has 8 aromatic rings. The first-order chi connectivity index (χ1) is 22.2. The van der Waals surface area contributed by atoms with Gasteiger partial charge in [0.1, 0.15) is 22.7 Å². The van der Waals surface area contributed by atoms with Crippen LogP contribution in [-0.4, -0.2) is 15.0 Å². The van der Waals surface area contributed by atoms with Crippen molar-refractivity contribution in [2.75, 3.05) is 0 Å². The van der Waals surface area contributed by atoms with E-state index in [0.717, 1.165) is 71.0 Å². The molecule has 5 nitrogen and oxygen atoms in total. The van der Waals surface area contributed by atoms with E-state index in [9.17, 15) is 0 Å². The largest absolute Gasteiger partial charge is 0.456 e. The Balaban J connectivity index is 1.11. The molecule has 45 heavy (non-hydrogen) atoms. The summed E-state index contributed by atoms with van der Waals surface area (Å²) < 4.78 is 12.7. The molecule has 9 rings (SSSR count). The molecule has 0 saturated heterocycles. The van der Waals surface area contributed by atoms with Crippen LogP contribution in [-0.2, 0) is 0 Å². The Morgan fingerprint density at radius 1 is 0.400 bits per heavy atom. The molecule has 3 heterocycles. The summed E-state index contributed by atoms with van der Waals surface area (Å²) in [6.45, 7) is 0. The minimum Gasteiger partial charge on any atom is -0.456 e.